The predicted molar refractivity (Wildman–Crippen MR) is 99.6 cm³/mol. The van der Waals surface area contributed by atoms with Gasteiger partial charge in [-0.25, -0.2) is 0 Å². The molecule has 0 bridgehead atoms. The van der Waals surface area contributed by atoms with Crippen molar-refractivity contribution >= 4 is 28.7 Å². The molecule has 0 saturated carbocycles. The Bertz CT molecular complexity index is 969. The lowest BCUT2D eigenvalue weighted by molar-refractivity contribution is 0.0612. The van der Waals surface area contributed by atoms with Crippen LogP contribution in [0.4, 0.5) is 0 Å². The summed E-state index contributed by atoms with van der Waals surface area (Å²) in [5.74, 6) is -0.427. The van der Waals surface area contributed by atoms with E-state index in [9.17, 15) is 9.59 Å². The maximum absolute atomic E-state index is 12.8. The summed E-state index contributed by atoms with van der Waals surface area (Å²) in [6.45, 7) is 4.14. The average Bonchev–Trinajstić information content (AvgIpc) is 2.66. The molecule has 3 heteroatoms. The Morgan fingerprint density at radius 2 is 1.52 bits per heavy atom. The van der Waals surface area contributed by atoms with Crippen molar-refractivity contribution in [2.75, 3.05) is 6.54 Å². The van der Waals surface area contributed by atoms with Gasteiger partial charge >= 0.3 is 0 Å². The minimum absolute atomic E-state index is 0.214. The van der Waals surface area contributed by atoms with Gasteiger partial charge in [-0.05, 0) is 35.1 Å². The first-order chi connectivity index (χ1) is 12.2. The molecule has 0 N–H and O–H groups in total. The number of imide groups is 1. The molecule has 1 aliphatic rings. The third-order valence-electron chi connectivity index (χ3n) is 4.67. The van der Waals surface area contributed by atoms with Crippen molar-refractivity contribution in [3.63, 3.8) is 0 Å². The Morgan fingerprint density at radius 3 is 2.16 bits per heavy atom. The molecule has 3 aromatic rings. The van der Waals surface area contributed by atoms with Gasteiger partial charge in [-0.3, -0.25) is 14.5 Å². The highest BCUT2D eigenvalue weighted by atomic mass is 16.2. The second-order valence-corrected chi connectivity index (χ2v) is 6.17. The van der Waals surface area contributed by atoms with Gasteiger partial charge in [0.2, 0.25) is 0 Å². The summed E-state index contributed by atoms with van der Waals surface area (Å²) in [4.78, 5) is 27.1. The van der Waals surface area contributed by atoms with Crippen LogP contribution in [0.15, 0.2) is 67.2 Å². The van der Waals surface area contributed by atoms with E-state index in [-0.39, 0.29) is 11.8 Å². The van der Waals surface area contributed by atoms with E-state index in [1.807, 2.05) is 48.5 Å². The highest BCUT2D eigenvalue weighted by molar-refractivity contribution is 6.25. The first kappa shape index (κ1) is 15.3. The third-order valence-corrected chi connectivity index (χ3v) is 4.67. The summed E-state index contributed by atoms with van der Waals surface area (Å²) < 4.78 is 0. The summed E-state index contributed by atoms with van der Waals surface area (Å²) in [5, 5.41) is 1.69. The van der Waals surface area contributed by atoms with Gasteiger partial charge in [-0.2, -0.15) is 0 Å². The van der Waals surface area contributed by atoms with Crippen molar-refractivity contribution in [1.82, 2.24) is 4.90 Å². The monoisotopic (exact) mass is 327 g/mol. The minimum Gasteiger partial charge on any atom is -0.274 e. The van der Waals surface area contributed by atoms with Gasteiger partial charge in [-0.1, -0.05) is 61.2 Å². The van der Waals surface area contributed by atoms with E-state index < -0.39 is 0 Å². The molecule has 0 spiro atoms. The van der Waals surface area contributed by atoms with Gasteiger partial charge in [0.1, 0.15) is 0 Å². The number of benzene rings is 3. The molecule has 3 aromatic carbocycles. The molecule has 2 amide bonds. The SMILES string of the molecule is C=Cc1cccc(CCN2C(=O)c3cccc4cccc(c34)C2=O)c1. The fourth-order valence-corrected chi connectivity index (χ4v) is 3.40. The number of hydrogen-bond donors (Lipinski definition) is 0. The highest BCUT2D eigenvalue weighted by Gasteiger charge is 2.32. The van der Waals surface area contributed by atoms with Gasteiger partial charge in [0, 0.05) is 23.1 Å². The van der Waals surface area contributed by atoms with Crippen LogP contribution in [-0.4, -0.2) is 23.3 Å². The molecule has 0 fully saturated rings. The molecule has 0 atom stereocenters. The molecule has 0 aliphatic carbocycles. The summed E-state index contributed by atoms with van der Waals surface area (Å²) in [6.07, 6.45) is 2.41. The van der Waals surface area contributed by atoms with E-state index in [4.69, 9.17) is 0 Å². The predicted octanol–water partition coefficient (Wildman–Crippen LogP) is 4.32. The highest BCUT2D eigenvalue weighted by Crippen LogP contribution is 2.30. The van der Waals surface area contributed by atoms with E-state index in [0.717, 1.165) is 21.9 Å². The van der Waals surface area contributed by atoms with Gasteiger partial charge < -0.3 is 0 Å². The molecule has 122 valence electrons. The Balaban J connectivity index is 1.67. The summed E-state index contributed by atoms with van der Waals surface area (Å²) in [7, 11) is 0. The number of carbonyl (C=O) groups is 2. The summed E-state index contributed by atoms with van der Waals surface area (Å²) in [5.41, 5.74) is 3.32. The zero-order chi connectivity index (χ0) is 17.4. The van der Waals surface area contributed by atoms with Crippen LogP contribution in [0.2, 0.25) is 0 Å². The number of amides is 2. The number of hydrogen-bond acceptors (Lipinski definition) is 2. The fourth-order valence-electron chi connectivity index (χ4n) is 3.40. The standard InChI is InChI=1S/C22H17NO2/c1-2-15-6-3-7-16(14-15)12-13-23-21(24)18-10-4-8-17-9-5-11-19(20(17)18)22(23)25/h2-11,14H,1,12-13H2. The van der Waals surface area contributed by atoms with Crippen LogP contribution in [0.5, 0.6) is 0 Å². The molecular formula is C22H17NO2. The molecule has 25 heavy (non-hydrogen) atoms. The van der Waals surface area contributed by atoms with Crippen LogP contribution in [0.3, 0.4) is 0 Å². The zero-order valence-corrected chi connectivity index (χ0v) is 13.7. The maximum atomic E-state index is 12.8. The van der Waals surface area contributed by atoms with E-state index in [2.05, 4.69) is 6.58 Å². The molecule has 0 unspecified atom stereocenters. The van der Waals surface area contributed by atoms with Crippen LogP contribution >= 0.6 is 0 Å². The van der Waals surface area contributed by atoms with Gasteiger partial charge in [0.05, 0.1) is 0 Å². The summed E-state index contributed by atoms with van der Waals surface area (Å²) in [6, 6.07) is 19.1. The van der Waals surface area contributed by atoms with E-state index in [1.165, 1.54) is 4.90 Å². The quantitative estimate of drug-likeness (QED) is 0.669. The Morgan fingerprint density at radius 1 is 0.880 bits per heavy atom. The molecule has 0 aromatic heterocycles. The van der Waals surface area contributed by atoms with Crippen LogP contribution in [-0.2, 0) is 6.42 Å². The smallest absolute Gasteiger partial charge is 0.261 e. The maximum Gasteiger partial charge on any atom is 0.261 e. The first-order valence-corrected chi connectivity index (χ1v) is 8.28. The Labute approximate surface area is 146 Å². The van der Waals surface area contributed by atoms with Crippen molar-refractivity contribution < 1.29 is 9.59 Å². The average molecular weight is 327 g/mol. The second-order valence-electron chi connectivity index (χ2n) is 6.17. The van der Waals surface area contributed by atoms with Crippen molar-refractivity contribution in [1.29, 1.82) is 0 Å². The van der Waals surface area contributed by atoms with Crippen LogP contribution < -0.4 is 0 Å². The van der Waals surface area contributed by atoms with Gasteiger partial charge in [0.15, 0.2) is 0 Å². The lowest BCUT2D eigenvalue weighted by Crippen LogP contribution is -2.41. The van der Waals surface area contributed by atoms with Crippen LogP contribution in [0.25, 0.3) is 16.8 Å². The Hall–Kier alpha value is -3.20. The summed E-state index contributed by atoms with van der Waals surface area (Å²) >= 11 is 0. The molecule has 1 aliphatic heterocycles. The van der Waals surface area contributed by atoms with E-state index in [0.29, 0.717) is 24.1 Å². The molecular weight excluding hydrogens is 310 g/mol. The van der Waals surface area contributed by atoms with Crippen molar-refractivity contribution in [2.45, 2.75) is 6.42 Å². The zero-order valence-electron chi connectivity index (χ0n) is 13.7. The normalized spacial score (nSPS) is 13.4. The first-order valence-electron chi connectivity index (χ1n) is 8.28. The molecule has 1 heterocycles. The largest absolute Gasteiger partial charge is 0.274 e. The second kappa shape index (κ2) is 6.02. The lowest BCUT2D eigenvalue weighted by Gasteiger charge is -2.27. The molecule has 0 saturated heterocycles. The number of nitrogens with zero attached hydrogens (tertiary/aromatic N) is 1. The third kappa shape index (κ3) is 2.54. The number of rotatable bonds is 4. The number of carbonyl (C=O) groups excluding carboxylic acids is 2. The topological polar surface area (TPSA) is 37.4 Å². The van der Waals surface area contributed by atoms with Crippen molar-refractivity contribution in [3.8, 4) is 0 Å². The minimum atomic E-state index is -0.214. The fraction of sp³-hybridized carbons (Fsp3) is 0.0909. The van der Waals surface area contributed by atoms with Crippen LogP contribution in [0.1, 0.15) is 31.8 Å². The lowest BCUT2D eigenvalue weighted by atomic mass is 9.94. The molecule has 0 radical (unpaired) electrons. The van der Waals surface area contributed by atoms with Crippen LogP contribution in [0, 0.1) is 0 Å². The van der Waals surface area contributed by atoms with Gasteiger partial charge in [0.25, 0.3) is 11.8 Å². The molecule has 3 nitrogen and oxygen atoms in total. The van der Waals surface area contributed by atoms with Crippen molar-refractivity contribution in [3.05, 3.63) is 89.5 Å². The molecule has 4 rings (SSSR count). The Kier molecular flexibility index (Phi) is 3.69. The van der Waals surface area contributed by atoms with Gasteiger partial charge in [-0.15, -0.1) is 0 Å². The van der Waals surface area contributed by atoms with E-state index >= 15 is 0 Å². The van der Waals surface area contributed by atoms with Crippen molar-refractivity contribution in [2.24, 2.45) is 0 Å². The van der Waals surface area contributed by atoms with E-state index in [1.54, 1.807) is 18.2 Å².